The Labute approximate surface area is 140 Å². The predicted octanol–water partition coefficient (Wildman–Crippen LogP) is 1.72. The second-order valence-corrected chi connectivity index (χ2v) is 5.76. The summed E-state index contributed by atoms with van der Waals surface area (Å²) >= 11 is 0. The maximum absolute atomic E-state index is 12.3. The van der Waals surface area contributed by atoms with Gasteiger partial charge in [-0.1, -0.05) is 12.1 Å². The van der Waals surface area contributed by atoms with Gasteiger partial charge in [0.05, 0.1) is 17.8 Å². The van der Waals surface area contributed by atoms with Crippen molar-refractivity contribution >= 4 is 22.6 Å². The zero-order valence-corrected chi connectivity index (χ0v) is 14.0. The number of H-pyrrole nitrogens is 1. The predicted molar refractivity (Wildman–Crippen MR) is 92.7 cm³/mol. The molecule has 0 spiro atoms. The Hall–Kier alpha value is -2.96. The maximum atomic E-state index is 12.3. The van der Waals surface area contributed by atoms with E-state index in [-0.39, 0.29) is 12.5 Å². The number of nitrogens with one attached hydrogen (secondary N) is 2. The number of rotatable bonds is 5. The van der Waals surface area contributed by atoms with Crippen LogP contribution in [-0.2, 0) is 11.3 Å². The summed E-state index contributed by atoms with van der Waals surface area (Å²) in [6.45, 7) is 4.55. The molecular weight excluding hydrogens is 304 g/mol. The molecule has 0 aliphatic carbocycles. The Morgan fingerprint density at radius 3 is 2.79 bits per heavy atom. The molecule has 0 saturated carbocycles. The van der Waals surface area contributed by atoms with Crippen molar-refractivity contribution in [3.8, 4) is 0 Å². The number of likely N-dealkylation sites (N-methyl/N-ethyl adjacent to an activating group) is 1. The van der Waals surface area contributed by atoms with E-state index in [1.807, 2.05) is 50.1 Å². The summed E-state index contributed by atoms with van der Waals surface area (Å²) in [4.78, 5) is 22.6. The van der Waals surface area contributed by atoms with Gasteiger partial charge in [-0.2, -0.15) is 5.10 Å². The molecule has 2 heterocycles. The van der Waals surface area contributed by atoms with Crippen LogP contribution in [0.2, 0.25) is 0 Å². The maximum Gasteiger partial charge on any atom is 0.239 e. The molecule has 0 unspecified atom stereocenters. The Balaban J connectivity index is 1.68. The smallest absolute Gasteiger partial charge is 0.239 e. The summed E-state index contributed by atoms with van der Waals surface area (Å²) in [6.07, 6.45) is 1.52. The first-order valence-electron chi connectivity index (χ1n) is 7.74. The molecule has 0 aliphatic heterocycles. The van der Waals surface area contributed by atoms with Crippen LogP contribution in [0.3, 0.4) is 0 Å². The van der Waals surface area contributed by atoms with Gasteiger partial charge in [0.15, 0.2) is 0 Å². The highest BCUT2D eigenvalue weighted by Crippen LogP contribution is 2.21. The van der Waals surface area contributed by atoms with Crippen LogP contribution in [0.25, 0.3) is 10.9 Å². The summed E-state index contributed by atoms with van der Waals surface area (Å²) in [5.41, 5.74) is 3.77. The Morgan fingerprint density at radius 1 is 1.25 bits per heavy atom. The third-order valence-corrected chi connectivity index (χ3v) is 4.01. The fraction of sp³-hybridized carbons (Fsp3) is 0.294. The van der Waals surface area contributed by atoms with Crippen LogP contribution in [0.4, 0.5) is 5.82 Å². The number of carbonyl (C=O) groups is 1. The summed E-state index contributed by atoms with van der Waals surface area (Å²) in [7, 11) is 1.85. The molecule has 24 heavy (non-hydrogen) atoms. The Morgan fingerprint density at radius 2 is 2.04 bits per heavy atom. The first-order valence-corrected chi connectivity index (χ1v) is 7.74. The second-order valence-electron chi connectivity index (χ2n) is 5.76. The summed E-state index contributed by atoms with van der Waals surface area (Å²) in [5.74, 6) is 0.673. The number of aromatic nitrogens is 4. The van der Waals surface area contributed by atoms with Crippen LogP contribution in [0, 0.1) is 13.8 Å². The highest BCUT2D eigenvalue weighted by molar-refractivity contribution is 5.91. The number of hydrogen-bond donors (Lipinski definition) is 2. The van der Waals surface area contributed by atoms with Gasteiger partial charge in [0.2, 0.25) is 5.91 Å². The summed E-state index contributed by atoms with van der Waals surface area (Å²) in [5, 5.41) is 10.9. The van der Waals surface area contributed by atoms with Crippen molar-refractivity contribution < 1.29 is 4.79 Å². The van der Waals surface area contributed by atoms with Gasteiger partial charge in [-0.3, -0.25) is 9.89 Å². The largest absolute Gasteiger partial charge is 0.350 e. The van der Waals surface area contributed by atoms with Gasteiger partial charge in [-0.25, -0.2) is 9.97 Å². The van der Waals surface area contributed by atoms with E-state index in [1.54, 1.807) is 0 Å². The van der Waals surface area contributed by atoms with E-state index in [9.17, 15) is 4.79 Å². The van der Waals surface area contributed by atoms with Gasteiger partial charge in [-0.05, 0) is 26.0 Å². The van der Waals surface area contributed by atoms with Crippen molar-refractivity contribution in [2.24, 2.45) is 0 Å². The first-order chi connectivity index (χ1) is 11.6. The highest BCUT2D eigenvalue weighted by Gasteiger charge is 2.13. The lowest BCUT2D eigenvalue weighted by Crippen LogP contribution is -2.35. The standard InChI is InChI=1S/C17H20N6O/c1-11-14(12(2)22-21-11)8-18-16(24)9-23(3)17-13-6-4-5-7-15(13)19-10-20-17/h4-7,10H,8-9H2,1-3H3,(H,18,24)(H,21,22). The summed E-state index contributed by atoms with van der Waals surface area (Å²) in [6, 6.07) is 7.76. The van der Waals surface area contributed by atoms with Crippen LogP contribution in [0.5, 0.6) is 0 Å². The van der Waals surface area contributed by atoms with E-state index < -0.39 is 0 Å². The molecule has 2 N–H and O–H groups in total. The molecule has 2 aromatic heterocycles. The van der Waals surface area contributed by atoms with Gasteiger partial charge in [0, 0.05) is 30.2 Å². The number of para-hydroxylation sites is 1. The molecule has 7 heteroatoms. The van der Waals surface area contributed by atoms with Crippen molar-refractivity contribution in [3.63, 3.8) is 0 Å². The van der Waals surface area contributed by atoms with E-state index in [4.69, 9.17) is 0 Å². The monoisotopic (exact) mass is 324 g/mol. The van der Waals surface area contributed by atoms with Crippen molar-refractivity contribution in [3.05, 3.63) is 47.5 Å². The van der Waals surface area contributed by atoms with E-state index in [2.05, 4.69) is 25.5 Å². The lowest BCUT2D eigenvalue weighted by atomic mass is 10.2. The molecule has 1 amide bonds. The molecular formula is C17H20N6O. The van der Waals surface area contributed by atoms with Crippen LogP contribution >= 0.6 is 0 Å². The van der Waals surface area contributed by atoms with Crippen molar-refractivity contribution in [1.29, 1.82) is 0 Å². The van der Waals surface area contributed by atoms with Gasteiger partial charge in [0.25, 0.3) is 0 Å². The van der Waals surface area contributed by atoms with Crippen LogP contribution in [0.1, 0.15) is 17.0 Å². The molecule has 0 saturated heterocycles. The lowest BCUT2D eigenvalue weighted by molar-refractivity contribution is -0.119. The fourth-order valence-corrected chi connectivity index (χ4v) is 2.66. The van der Waals surface area contributed by atoms with Crippen LogP contribution in [0.15, 0.2) is 30.6 Å². The van der Waals surface area contributed by atoms with Crippen LogP contribution < -0.4 is 10.2 Å². The number of hydrogen-bond acceptors (Lipinski definition) is 5. The third kappa shape index (κ3) is 3.19. The molecule has 0 radical (unpaired) electrons. The molecule has 3 aromatic rings. The minimum Gasteiger partial charge on any atom is -0.350 e. The van der Waals surface area contributed by atoms with E-state index in [0.717, 1.165) is 33.7 Å². The first kappa shape index (κ1) is 15.9. The van der Waals surface area contributed by atoms with Gasteiger partial charge < -0.3 is 10.2 Å². The Bertz CT molecular complexity index is 848. The zero-order chi connectivity index (χ0) is 17.1. The van der Waals surface area contributed by atoms with E-state index in [0.29, 0.717) is 6.54 Å². The number of benzene rings is 1. The quantitative estimate of drug-likeness (QED) is 0.746. The average molecular weight is 324 g/mol. The number of anilines is 1. The van der Waals surface area contributed by atoms with Gasteiger partial charge in [0.1, 0.15) is 12.1 Å². The minimum atomic E-state index is -0.0693. The number of amides is 1. The molecule has 3 rings (SSSR count). The number of aromatic amines is 1. The van der Waals surface area contributed by atoms with Crippen LogP contribution in [-0.4, -0.2) is 39.7 Å². The van der Waals surface area contributed by atoms with E-state index in [1.165, 1.54) is 6.33 Å². The molecule has 0 aliphatic rings. The number of nitrogens with zero attached hydrogens (tertiary/aromatic N) is 4. The molecule has 0 atom stereocenters. The third-order valence-electron chi connectivity index (χ3n) is 4.01. The van der Waals surface area contributed by atoms with Crippen molar-refractivity contribution in [1.82, 2.24) is 25.5 Å². The highest BCUT2D eigenvalue weighted by atomic mass is 16.2. The number of carbonyl (C=O) groups excluding carboxylic acids is 1. The second kappa shape index (κ2) is 6.66. The summed E-state index contributed by atoms with van der Waals surface area (Å²) < 4.78 is 0. The van der Waals surface area contributed by atoms with Crippen molar-refractivity contribution in [2.75, 3.05) is 18.5 Å². The fourth-order valence-electron chi connectivity index (χ4n) is 2.66. The minimum absolute atomic E-state index is 0.0693. The average Bonchev–Trinajstić information content (AvgIpc) is 2.90. The SMILES string of the molecule is Cc1n[nH]c(C)c1CNC(=O)CN(C)c1ncnc2ccccc12. The molecule has 1 aromatic carbocycles. The van der Waals surface area contributed by atoms with Crippen molar-refractivity contribution in [2.45, 2.75) is 20.4 Å². The van der Waals surface area contributed by atoms with Gasteiger partial charge >= 0.3 is 0 Å². The van der Waals surface area contributed by atoms with E-state index >= 15 is 0 Å². The zero-order valence-electron chi connectivity index (χ0n) is 14.0. The Kier molecular flexibility index (Phi) is 4.41. The molecule has 0 bridgehead atoms. The number of aryl methyl sites for hydroxylation is 2. The normalized spacial score (nSPS) is 10.8. The van der Waals surface area contributed by atoms with Gasteiger partial charge in [-0.15, -0.1) is 0 Å². The molecule has 0 fully saturated rings. The topological polar surface area (TPSA) is 86.8 Å². The molecule has 124 valence electrons. The molecule has 7 nitrogen and oxygen atoms in total. The number of fused-ring (bicyclic) bond motifs is 1. The lowest BCUT2D eigenvalue weighted by Gasteiger charge is -2.19.